The van der Waals surface area contributed by atoms with Crippen molar-refractivity contribution in [3.8, 4) is 23.0 Å². The van der Waals surface area contributed by atoms with Crippen LogP contribution in [-0.4, -0.2) is 0 Å². The van der Waals surface area contributed by atoms with Crippen LogP contribution >= 0.6 is 11.6 Å². The zero-order valence-electron chi connectivity index (χ0n) is 12.0. The van der Waals surface area contributed by atoms with Crippen molar-refractivity contribution in [1.29, 1.82) is 0 Å². The van der Waals surface area contributed by atoms with E-state index < -0.39 is 11.6 Å². The molecule has 0 aliphatic rings. The molecule has 0 amide bonds. The fourth-order valence-electron chi connectivity index (χ4n) is 2.44. The van der Waals surface area contributed by atoms with Crippen molar-refractivity contribution in [1.82, 2.24) is 0 Å². The Morgan fingerprint density at radius 3 is 2.39 bits per heavy atom. The minimum Gasteiger partial charge on any atom is -0.207 e. The SMILES string of the molecule is C=CC#Cc1ccc2c(Cl)c(-c3cc(F)cc(F)c3)ccc2c1. The normalized spacial score (nSPS) is 10.2. The molecular weight excluding hydrogens is 314 g/mol. The largest absolute Gasteiger partial charge is 0.207 e. The standard InChI is InChI=1S/C20H11ClF2/c1-2-3-4-13-5-7-18-14(9-13)6-8-19(20(18)21)15-10-16(22)12-17(23)11-15/h2,5-12H,1H2. The maximum absolute atomic E-state index is 13.4. The van der Waals surface area contributed by atoms with Gasteiger partial charge < -0.3 is 0 Å². The summed E-state index contributed by atoms with van der Waals surface area (Å²) in [5, 5.41) is 2.17. The van der Waals surface area contributed by atoms with Crippen LogP contribution < -0.4 is 0 Å². The van der Waals surface area contributed by atoms with Gasteiger partial charge in [-0.3, -0.25) is 0 Å². The number of halogens is 3. The summed E-state index contributed by atoms with van der Waals surface area (Å²) in [4.78, 5) is 0. The predicted octanol–water partition coefficient (Wildman–Crippen LogP) is 5.98. The van der Waals surface area contributed by atoms with Gasteiger partial charge in [0.1, 0.15) is 11.6 Å². The van der Waals surface area contributed by atoms with Gasteiger partial charge in [-0.1, -0.05) is 48.2 Å². The first-order valence-corrected chi connectivity index (χ1v) is 7.27. The average molecular weight is 325 g/mol. The van der Waals surface area contributed by atoms with Crippen LogP contribution in [0.3, 0.4) is 0 Å². The second kappa shape index (κ2) is 6.24. The lowest BCUT2D eigenvalue weighted by Gasteiger charge is -2.09. The second-order valence-electron chi connectivity index (χ2n) is 4.99. The third kappa shape index (κ3) is 3.11. The molecular formula is C20H11ClF2. The fraction of sp³-hybridized carbons (Fsp3) is 0. The summed E-state index contributed by atoms with van der Waals surface area (Å²) in [6, 6.07) is 12.6. The molecule has 0 atom stereocenters. The highest BCUT2D eigenvalue weighted by atomic mass is 35.5. The quantitative estimate of drug-likeness (QED) is 0.483. The first kappa shape index (κ1) is 15.3. The summed E-state index contributed by atoms with van der Waals surface area (Å²) >= 11 is 6.44. The molecule has 0 unspecified atom stereocenters. The molecule has 0 aliphatic carbocycles. The molecule has 3 aromatic rings. The van der Waals surface area contributed by atoms with E-state index in [0.29, 0.717) is 16.1 Å². The zero-order chi connectivity index (χ0) is 16.4. The van der Waals surface area contributed by atoms with Crippen molar-refractivity contribution in [2.24, 2.45) is 0 Å². The molecule has 0 aliphatic heterocycles. The van der Waals surface area contributed by atoms with Crippen LogP contribution in [0.5, 0.6) is 0 Å². The Balaban J connectivity index is 2.17. The molecule has 0 saturated heterocycles. The molecule has 0 aromatic heterocycles. The van der Waals surface area contributed by atoms with Crippen molar-refractivity contribution >= 4 is 22.4 Å². The number of allylic oxidation sites excluding steroid dienone is 1. The highest BCUT2D eigenvalue weighted by Crippen LogP contribution is 2.35. The third-order valence-corrected chi connectivity index (χ3v) is 3.85. The highest BCUT2D eigenvalue weighted by molar-refractivity contribution is 6.38. The summed E-state index contributed by atoms with van der Waals surface area (Å²) in [5.41, 5.74) is 1.84. The summed E-state index contributed by atoms with van der Waals surface area (Å²) < 4.78 is 26.8. The van der Waals surface area contributed by atoms with Gasteiger partial charge in [-0.25, -0.2) is 8.78 Å². The molecule has 23 heavy (non-hydrogen) atoms. The molecule has 0 radical (unpaired) electrons. The van der Waals surface area contributed by atoms with Crippen molar-refractivity contribution in [3.63, 3.8) is 0 Å². The monoisotopic (exact) mass is 324 g/mol. The molecule has 3 rings (SSSR count). The van der Waals surface area contributed by atoms with E-state index in [2.05, 4.69) is 18.4 Å². The lowest BCUT2D eigenvalue weighted by atomic mass is 9.99. The van der Waals surface area contributed by atoms with Gasteiger partial charge in [0.05, 0.1) is 5.02 Å². The van der Waals surface area contributed by atoms with Gasteiger partial charge in [0.2, 0.25) is 0 Å². The minimum atomic E-state index is -0.633. The van der Waals surface area contributed by atoms with Crippen LogP contribution in [0.15, 0.2) is 61.2 Å². The molecule has 3 heteroatoms. The van der Waals surface area contributed by atoms with Crippen LogP contribution in [0.25, 0.3) is 21.9 Å². The summed E-state index contributed by atoms with van der Waals surface area (Å²) in [7, 11) is 0. The van der Waals surface area contributed by atoms with Crippen molar-refractivity contribution in [2.75, 3.05) is 0 Å². The van der Waals surface area contributed by atoms with Crippen LogP contribution in [0, 0.1) is 23.5 Å². The molecule has 0 fully saturated rings. The minimum absolute atomic E-state index is 0.407. The third-order valence-electron chi connectivity index (χ3n) is 3.45. The van der Waals surface area contributed by atoms with Gasteiger partial charge in [0, 0.05) is 22.6 Å². The van der Waals surface area contributed by atoms with Crippen molar-refractivity contribution < 1.29 is 8.78 Å². The topological polar surface area (TPSA) is 0 Å². The molecule has 0 N–H and O–H groups in total. The number of benzene rings is 3. The van der Waals surface area contributed by atoms with E-state index in [1.54, 1.807) is 6.07 Å². The van der Waals surface area contributed by atoms with E-state index in [-0.39, 0.29) is 0 Å². The maximum Gasteiger partial charge on any atom is 0.126 e. The Morgan fingerprint density at radius 1 is 0.957 bits per heavy atom. The lowest BCUT2D eigenvalue weighted by molar-refractivity contribution is 0.584. The van der Waals surface area contributed by atoms with Crippen LogP contribution in [0.4, 0.5) is 8.78 Å². The van der Waals surface area contributed by atoms with E-state index in [4.69, 9.17) is 11.6 Å². The van der Waals surface area contributed by atoms with Crippen LogP contribution in [-0.2, 0) is 0 Å². The lowest BCUT2D eigenvalue weighted by Crippen LogP contribution is -1.87. The first-order chi connectivity index (χ1) is 11.1. The number of rotatable bonds is 1. The molecule has 0 saturated carbocycles. The number of hydrogen-bond acceptors (Lipinski definition) is 0. The summed E-state index contributed by atoms with van der Waals surface area (Å²) in [6.07, 6.45) is 1.53. The van der Waals surface area contributed by atoms with E-state index in [1.165, 1.54) is 18.2 Å². The van der Waals surface area contributed by atoms with E-state index in [1.807, 2.05) is 24.3 Å². The Hall–Kier alpha value is -2.63. The van der Waals surface area contributed by atoms with Crippen LogP contribution in [0.1, 0.15) is 5.56 Å². The molecule has 3 aromatic carbocycles. The van der Waals surface area contributed by atoms with Gasteiger partial charge in [0.25, 0.3) is 0 Å². The van der Waals surface area contributed by atoms with Gasteiger partial charge in [-0.2, -0.15) is 0 Å². The maximum atomic E-state index is 13.4. The Labute approximate surface area is 138 Å². The average Bonchev–Trinajstić information content (AvgIpc) is 2.52. The fourth-order valence-corrected chi connectivity index (χ4v) is 2.78. The molecule has 112 valence electrons. The van der Waals surface area contributed by atoms with Crippen molar-refractivity contribution in [2.45, 2.75) is 0 Å². The number of hydrogen-bond donors (Lipinski definition) is 0. The second-order valence-corrected chi connectivity index (χ2v) is 5.37. The van der Waals surface area contributed by atoms with Gasteiger partial charge >= 0.3 is 0 Å². The Bertz CT molecular complexity index is 958. The summed E-state index contributed by atoms with van der Waals surface area (Å²) in [5.74, 6) is 4.48. The summed E-state index contributed by atoms with van der Waals surface area (Å²) in [6.45, 7) is 3.56. The Kier molecular flexibility index (Phi) is 4.14. The molecule has 0 nitrogen and oxygen atoms in total. The highest BCUT2D eigenvalue weighted by Gasteiger charge is 2.10. The number of fused-ring (bicyclic) bond motifs is 1. The molecule has 0 heterocycles. The first-order valence-electron chi connectivity index (χ1n) is 6.89. The van der Waals surface area contributed by atoms with E-state index in [0.717, 1.165) is 22.4 Å². The smallest absolute Gasteiger partial charge is 0.126 e. The van der Waals surface area contributed by atoms with Gasteiger partial charge in [0.15, 0.2) is 0 Å². The Morgan fingerprint density at radius 2 is 1.70 bits per heavy atom. The van der Waals surface area contributed by atoms with Crippen molar-refractivity contribution in [3.05, 3.63) is 83.4 Å². The van der Waals surface area contributed by atoms with E-state index in [9.17, 15) is 8.78 Å². The van der Waals surface area contributed by atoms with Crippen LogP contribution in [0.2, 0.25) is 5.02 Å². The van der Waals surface area contributed by atoms with Gasteiger partial charge in [-0.15, -0.1) is 0 Å². The predicted molar refractivity (Wildman–Crippen MR) is 91.4 cm³/mol. The zero-order valence-corrected chi connectivity index (χ0v) is 12.8. The molecule has 0 spiro atoms. The van der Waals surface area contributed by atoms with E-state index >= 15 is 0 Å². The molecule has 0 bridgehead atoms. The van der Waals surface area contributed by atoms with Gasteiger partial charge in [-0.05, 0) is 41.3 Å².